The van der Waals surface area contributed by atoms with Crippen molar-refractivity contribution in [3.05, 3.63) is 29.8 Å². The zero-order chi connectivity index (χ0) is 15.9. The van der Waals surface area contributed by atoms with Crippen LogP contribution < -0.4 is 10.6 Å². The molecule has 0 aliphatic carbocycles. The Labute approximate surface area is 150 Å². The van der Waals surface area contributed by atoms with E-state index in [9.17, 15) is 8.42 Å². The monoisotopic (exact) mass is 440 g/mol. The summed E-state index contributed by atoms with van der Waals surface area (Å²) in [5.41, 5.74) is 0.714. The van der Waals surface area contributed by atoms with Crippen molar-refractivity contribution in [2.75, 3.05) is 27.7 Å². The smallest absolute Gasteiger partial charge is 0.242 e. The van der Waals surface area contributed by atoms with Gasteiger partial charge in [-0.2, -0.15) is 0 Å². The van der Waals surface area contributed by atoms with Crippen molar-refractivity contribution in [1.29, 1.82) is 0 Å². The molecule has 0 heterocycles. The fraction of sp³-hybridized carbons (Fsp3) is 0.500. The second-order valence-electron chi connectivity index (χ2n) is 4.75. The lowest BCUT2D eigenvalue weighted by atomic mass is 10.2. The van der Waals surface area contributed by atoms with E-state index in [1.807, 2.05) is 6.07 Å². The Morgan fingerprint density at radius 3 is 2.41 bits per heavy atom. The third-order valence-electron chi connectivity index (χ3n) is 2.94. The third-order valence-corrected chi connectivity index (χ3v) is 4.86. The zero-order valence-corrected chi connectivity index (χ0v) is 16.6. The quantitative estimate of drug-likeness (QED) is 0.401. The number of rotatable bonds is 6. The Morgan fingerprint density at radius 1 is 1.23 bits per heavy atom. The van der Waals surface area contributed by atoms with E-state index in [4.69, 9.17) is 0 Å². The Hall–Kier alpha value is -0.870. The standard InChI is InChI=1S/C14H24N4O2S.HI/c1-5-10-16-14(15-2)17-11-12-8-6-7-9-13(12)21(19,20)18(3)4;/h6-9H,5,10-11H2,1-4H3,(H2,15,16,17);1H. The Balaban J connectivity index is 0.00000441. The van der Waals surface area contributed by atoms with Gasteiger partial charge >= 0.3 is 0 Å². The summed E-state index contributed by atoms with van der Waals surface area (Å²) in [4.78, 5) is 4.42. The number of benzene rings is 1. The normalized spacial score (nSPS) is 12.0. The molecule has 0 unspecified atom stereocenters. The summed E-state index contributed by atoms with van der Waals surface area (Å²) < 4.78 is 25.8. The molecule has 1 aromatic carbocycles. The first-order chi connectivity index (χ1) is 9.93. The predicted octanol–water partition coefficient (Wildman–Crippen LogP) is 1.63. The van der Waals surface area contributed by atoms with E-state index in [1.165, 1.54) is 18.4 Å². The van der Waals surface area contributed by atoms with E-state index < -0.39 is 10.0 Å². The molecule has 6 nitrogen and oxygen atoms in total. The number of hydrogen-bond donors (Lipinski definition) is 2. The zero-order valence-electron chi connectivity index (χ0n) is 13.5. The highest BCUT2D eigenvalue weighted by atomic mass is 127. The van der Waals surface area contributed by atoms with Crippen LogP contribution in [0.3, 0.4) is 0 Å². The van der Waals surface area contributed by atoms with Crippen molar-refractivity contribution in [2.24, 2.45) is 4.99 Å². The molecule has 1 aromatic rings. The van der Waals surface area contributed by atoms with Crippen LogP contribution in [0.1, 0.15) is 18.9 Å². The van der Waals surface area contributed by atoms with Crippen LogP contribution in [0.5, 0.6) is 0 Å². The van der Waals surface area contributed by atoms with Gasteiger partial charge in [0.1, 0.15) is 0 Å². The van der Waals surface area contributed by atoms with E-state index in [0.717, 1.165) is 13.0 Å². The molecule has 0 spiro atoms. The number of aliphatic imine (C=N–C) groups is 1. The van der Waals surface area contributed by atoms with Crippen molar-refractivity contribution in [3.63, 3.8) is 0 Å². The lowest BCUT2D eigenvalue weighted by molar-refractivity contribution is 0.519. The van der Waals surface area contributed by atoms with Gasteiger partial charge in [0.25, 0.3) is 0 Å². The number of sulfonamides is 1. The second-order valence-corrected chi connectivity index (χ2v) is 6.87. The largest absolute Gasteiger partial charge is 0.356 e. The molecule has 2 N–H and O–H groups in total. The molecule has 0 fully saturated rings. The van der Waals surface area contributed by atoms with Gasteiger partial charge in [0.2, 0.25) is 10.0 Å². The van der Waals surface area contributed by atoms with Crippen molar-refractivity contribution < 1.29 is 8.42 Å². The Morgan fingerprint density at radius 2 is 1.86 bits per heavy atom. The average molecular weight is 440 g/mol. The summed E-state index contributed by atoms with van der Waals surface area (Å²) in [7, 11) is 1.30. The van der Waals surface area contributed by atoms with Crippen molar-refractivity contribution in [2.45, 2.75) is 24.8 Å². The van der Waals surface area contributed by atoms with E-state index in [-0.39, 0.29) is 24.0 Å². The minimum Gasteiger partial charge on any atom is -0.356 e. The number of guanidine groups is 1. The maximum absolute atomic E-state index is 12.3. The first kappa shape index (κ1) is 21.1. The second kappa shape index (κ2) is 10.0. The SMILES string of the molecule is CCCNC(=NC)NCc1ccccc1S(=O)(=O)N(C)C.I. The summed E-state index contributed by atoms with van der Waals surface area (Å²) in [6.07, 6.45) is 0.992. The molecule has 126 valence electrons. The fourth-order valence-electron chi connectivity index (χ4n) is 1.74. The first-order valence-corrected chi connectivity index (χ1v) is 8.32. The van der Waals surface area contributed by atoms with Crippen LogP contribution in [0, 0.1) is 0 Å². The highest BCUT2D eigenvalue weighted by Crippen LogP contribution is 2.18. The molecule has 0 atom stereocenters. The minimum absolute atomic E-state index is 0. The lowest BCUT2D eigenvalue weighted by Crippen LogP contribution is -2.37. The Bertz CT molecular complexity index is 588. The molecule has 0 saturated heterocycles. The summed E-state index contributed by atoms with van der Waals surface area (Å²) in [6, 6.07) is 6.98. The molecule has 0 radical (unpaired) electrons. The first-order valence-electron chi connectivity index (χ1n) is 6.88. The molecular weight excluding hydrogens is 415 g/mol. The fourth-order valence-corrected chi connectivity index (χ4v) is 2.86. The summed E-state index contributed by atoms with van der Waals surface area (Å²) in [5, 5.41) is 6.28. The van der Waals surface area contributed by atoms with Gasteiger partial charge in [0.05, 0.1) is 4.90 Å². The summed E-state index contributed by atoms with van der Waals surface area (Å²) in [6.45, 7) is 3.28. The molecular formula is C14H25IN4O2S. The van der Waals surface area contributed by atoms with Gasteiger partial charge in [-0.05, 0) is 18.1 Å². The van der Waals surface area contributed by atoms with E-state index in [0.29, 0.717) is 23.0 Å². The number of nitrogens with one attached hydrogen (secondary N) is 2. The van der Waals surface area contributed by atoms with E-state index >= 15 is 0 Å². The highest BCUT2D eigenvalue weighted by Gasteiger charge is 2.20. The molecule has 1 rings (SSSR count). The molecule has 0 aliphatic rings. The number of halogens is 1. The molecule has 0 saturated carbocycles. The molecule has 0 bridgehead atoms. The molecule has 8 heteroatoms. The van der Waals surface area contributed by atoms with Crippen molar-refractivity contribution in [3.8, 4) is 0 Å². The molecule has 0 aliphatic heterocycles. The number of hydrogen-bond acceptors (Lipinski definition) is 3. The number of nitrogens with zero attached hydrogens (tertiary/aromatic N) is 2. The van der Waals surface area contributed by atoms with Crippen LogP contribution in [-0.4, -0.2) is 46.4 Å². The van der Waals surface area contributed by atoms with Gasteiger partial charge in [-0.15, -0.1) is 24.0 Å². The molecule has 0 amide bonds. The predicted molar refractivity (Wildman–Crippen MR) is 101 cm³/mol. The highest BCUT2D eigenvalue weighted by molar-refractivity contribution is 14.0. The maximum atomic E-state index is 12.3. The van der Waals surface area contributed by atoms with Crippen molar-refractivity contribution >= 4 is 40.0 Å². The van der Waals surface area contributed by atoms with Gasteiger partial charge in [-0.25, -0.2) is 12.7 Å². The van der Waals surface area contributed by atoms with Crippen LogP contribution in [0.2, 0.25) is 0 Å². The van der Waals surface area contributed by atoms with Gasteiger partial charge < -0.3 is 10.6 Å². The van der Waals surface area contributed by atoms with Crippen molar-refractivity contribution in [1.82, 2.24) is 14.9 Å². The minimum atomic E-state index is -3.45. The lowest BCUT2D eigenvalue weighted by Gasteiger charge is -2.16. The topological polar surface area (TPSA) is 73.8 Å². The Kier molecular flexibility index (Phi) is 9.61. The molecule has 22 heavy (non-hydrogen) atoms. The van der Waals surface area contributed by atoms with Crippen LogP contribution in [0.25, 0.3) is 0 Å². The van der Waals surface area contributed by atoms with Crippen LogP contribution in [0.15, 0.2) is 34.2 Å². The summed E-state index contributed by atoms with van der Waals surface area (Å²) >= 11 is 0. The van der Waals surface area contributed by atoms with Gasteiger partial charge in [0, 0.05) is 34.2 Å². The van der Waals surface area contributed by atoms with E-state index in [2.05, 4.69) is 22.5 Å². The summed E-state index contributed by atoms with van der Waals surface area (Å²) in [5.74, 6) is 0.661. The maximum Gasteiger partial charge on any atom is 0.242 e. The van der Waals surface area contributed by atoms with E-state index in [1.54, 1.807) is 25.2 Å². The van der Waals surface area contributed by atoms with Gasteiger partial charge in [-0.1, -0.05) is 25.1 Å². The average Bonchev–Trinajstić information content (AvgIpc) is 2.47. The van der Waals surface area contributed by atoms with Crippen LogP contribution >= 0.6 is 24.0 Å². The van der Waals surface area contributed by atoms with Crippen LogP contribution in [0.4, 0.5) is 0 Å². The van der Waals surface area contributed by atoms with Crippen LogP contribution in [-0.2, 0) is 16.6 Å². The molecule has 0 aromatic heterocycles. The van der Waals surface area contributed by atoms with Gasteiger partial charge in [0.15, 0.2) is 5.96 Å². The van der Waals surface area contributed by atoms with Gasteiger partial charge in [-0.3, -0.25) is 4.99 Å². The third kappa shape index (κ3) is 5.73.